The summed E-state index contributed by atoms with van der Waals surface area (Å²) in [5.41, 5.74) is 1.07. The molecule has 2 aromatic heterocycles. The summed E-state index contributed by atoms with van der Waals surface area (Å²) in [6, 6.07) is 2.15. The number of H-pyrrole nitrogens is 1. The van der Waals surface area contributed by atoms with Crippen molar-refractivity contribution in [2.45, 2.75) is 38.5 Å². The van der Waals surface area contributed by atoms with E-state index in [1.165, 1.54) is 0 Å². The Bertz CT molecular complexity index is 516. The molecule has 0 saturated heterocycles. The van der Waals surface area contributed by atoms with Crippen LogP contribution in [0.25, 0.3) is 11.4 Å². The highest BCUT2D eigenvalue weighted by Crippen LogP contribution is 2.28. The first-order chi connectivity index (χ1) is 8.88. The van der Waals surface area contributed by atoms with Crippen LogP contribution in [0.15, 0.2) is 23.8 Å². The summed E-state index contributed by atoms with van der Waals surface area (Å²) in [6.45, 7) is 7.92. The smallest absolute Gasteiger partial charge is 0.138 e. The molecule has 2 rings (SSSR count). The summed E-state index contributed by atoms with van der Waals surface area (Å²) < 4.78 is 15.0. The van der Waals surface area contributed by atoms with Gasteiger partial charge in [-0.15, -0.1) is 16.1 Å². The molecule has 0 spiro atoms. The lowest BCUT2D eigenvalue weighted by molar-refractivity contribution is 0.532. The third-order valence-corrected chi connectivity index (χ3v) is 5.45. The number of imidazole rings is 1. The Morgan fingerprint density at radius 3 is 2.79 bits per heavy atom. The minimum absolute atomic E-state index is 0.0637. The Hall–Kier alpha value is -0.820. The van der Waals surface area contributed by atoms with Gasteiger partial charge in [-0.25, -0.2) is 4.98 Å². The number of hydrogen-bond donors (Lipinski definition) is 2. The predicted octanol–water partition coefficient (Wildman–Crippen LogP) is 3.25. The van der Waals surface area contributed by atoms with E-state index in [1.54, 1.807) is 17.5 Å². The second-order valence-corrected chi connectivity index (χ2v) is 8.34. The molecule has 4 nitrogen and oxygen atoms in total. The van der Waals surface area contributed by atoms with E-state index in [0.717, 1.165) is 16.3 Å². The van der Waals surface area contributed by atoms with Crippen molar-refractivity contribution in [3.05, 3.63) is 28.7 Å². The van der Waals surface area contributed by atoms with Gasteiger partial charge < -0.3 is 9.54 Å². The molecule has 0 radical (unpaired) electrons. The summed E-state index contributed by atoms with van der Waals surface area (Å²) in [5.74, 6) is 0.867. The van der Waals surface area contributed by atoms with Gasteiger partial charge >= 0.3 is 0 Å². The van der Waals surface area contributed by atoms with Gasteiger partial charge in [-0.1, -0.05) is 0 Å². The third kappa shape index (κ3) is 3.60. The summed E-state index contributed by atoms with van der Waals surface area (Å²) in [5, 5.41) is 2.06. The van der Waals surface area contributed by atoms with Crippen molar-refractivity contribution in [1.82, 2.24) is 14.7 Å². The molecule has 19 heavy (non-hydrogen) atoms. The van der Waals surface area contributed by atoms with Gasteiger partial charge in [0, 0.05) is 39.6 Å². The molecule has 0 aliphatic carbocycles. The highest BCUT2D eigenvalue weighted by atomic mass is 32.2. The van der Waals surface area contributed by atoms with Crippen molar-refractivity contribution in [3.8, 4) is 11.4 Å². The summed E-state index contributed by atoms with van der Waals surface area (Å²) in [4.78, 5) is 8.47. The van der Waals surface area contributed by atoms with E-state index in [0.29, 0.717) is 0 Å². The second-order valence-electron chi connectivity index (χ2n) is 5.40. The first-order valence-electron chi connectivity index (χ1n) is 6.14. The number of nitrogens with one attached hydrogen (secondary N) is 2. The van der Waals surface area contributed by atoms with E-state index >= 15 is 0 Å². The molecule has 0 amide bonds. The van der Waals surface area contributed by atoms with Crippen LogP contribution in [0.1, 0.15) is 38.6 Å². The fraction of sp³-hybridized carbons (Fsp3) is 0.462. The topological polar surface area (TPSA) is 63.8 Å². The lowest BCUT2D eigenvalue weighted by atomic mass is 10.2. The molecule has 6 heteroatoms. The van der Waals surface area contributed by atoms with Crippen LogP contribution in [0.3, 0.4) is 0 Å². The minimum atomic E-state index is -1.06. The Morgan fingerprint density at radius 1 is 1.47 bits per heavy atom. The van der Waals surface area contributed by atoms with Crippen molar-refractivity contribution < 1.29 is 4.55 Å². The fourth-order valence-electron chi connectivity index (χ4n) is 1.52. The van der Waals surface area contributed by atoms with E-state index in [-0.39, 0.29) is 10.8 Å². The van der Waals surface area contributed by atoms with Crippen molar-refractivity contribution in [1.29, 1.82) is 0 Å². The molecule has 0 bridgehead atoms. The fourth-order valence-corrected chi connectivity index (χ4v) is 3.30. The molecule has 2 aromatic rings. The van der Waals surface area contributed by atoms with Gasteiger partial charge in [-0.3, -0.25) is 0 Å². The van der Waals surface area contributed by atoms with E-state index in [9.17, 15) is 4.55 Å². The molecule has 2 heterocycles. The maximum Gasteiger partial charge on any atom is 0.138 e. The molecule has 2 N–H and O–H groups in total. The van der Waals surface area contributed by atoms with Crippen molar-refractivity contribution in [2.75, 3.05) is 0 Å². The Balaban J connectivity index is 2.06. The van der Waals surface area contributed by atoms with Gasteiger partial charge in [0.1, 0.15) is 10.6 Å². The maximum absolute atomic E-state index is 12.1. The summed E-state index contributed by atoms with van der Waals surface area (Å²) in [6.07, 6.45) is 3.55. The van der Waals surface area contributed by atoms with E-state index in [1.807, 2.05) is 33.9 Å². The standard InChI is InChI=1S/C13H19N3OS2/c1-9(16-19(17)13(2,3)4)11-7-10(8-18-11)12-14-5-6-15-12/h5-9,16H,1-4H3,(H,14,15)/t9-,19?/m1/s1. The van der Waals surface area contributed by atoms with Gasteiger partial charge in [-0.05, 0) is 33.8 Å². The molecule has 0 aliphatic rings. The average molecular weight is 297 g/mol. The molecular formula is C13H19N3OS2. The molecule has 0 aliphatic heterocycles. The maximum atomic E-state index is 12.1. The average Bonchev–Trinajstić information content (AvgIpc) is 2.98. The molecule has 1 unspecified atom stereocenters. The zero-order valence-electron chi connectivity index (χ0n) is 11.6. The highest BCUT2D eigenvalue weighted by molar-refractivity contribution is 7.90. The lowest BCUT2D eigenvalue weighted by Crippen LogP contribution is -2.40. The monoisotopic (exact) mass is 297 g/mol. The minimum Gasteiger partial charge on any atom is -0.598 e. The first-order valence-corrected chi connectivity index (χ1v) is 8.17. The predicted molar refractivity (Wildman–Crippen MR) is 81.3 cm³/mol. The Labute approximate surface area is 121 Å². The molecule has 0 aromatic carbocycles. The van der Waals surface area contributed by atoms with Crippen molar-refractivity contribution in [3.63, 3.8) is 0 Å². The number of rotatable bonds is 4. The van der Waals surface area contributed by atoms with E-state index in [4.69, 9.17) is 0 Å². The number of hydrogen-bond acceptors (Lipinski definition) is 4. The third-order valence-electron chi connectivity index (χ3n) is 2.66. The van der Waals surface area contributed by atoms with Crippen molar-refractivity contribution in [2.24, 2.45) is 0 Å². The zero-order valence-corrected chi connectivity index (χ0v) is 13.2. The van der Waals surface area contributed by atoms with Crippen LogP contribution in [0, 0.1) is 0 Å². The summed E-state index contributed by atoms with van der Waals surface area (Å²) >= 11 is 0.589. The second kappa shape index (κ2) is 5.66. The Kier molecular flexibility index (Phi) is 4.35. The lowest BCUT2D eigenvalue weighted by Gasteiger charge is -2.26. The largest absolute Gasteiger partial charge is 0.598 e. The van der Waals surface area contributed by atoms with Crippen molar-refractivity contribution >= 4 is 22.7 Å². The number of thiophene rings is 1. The quantitative estimate of drug-likeness (QED) is 0.851. The first kappa shape index (κ1) is 14.6. The molecule has 2 atom stereocenters. The van der Waals surface area contributed by atoms with Crippen LogP contribution in [-0.4, -0.2) is 19.3 Å². The van der Waals surface area contributed by atoms with Crippen LogP contribution >= 0.6 is 11.3 Å². The van der Waals surface area contributed by atoms with Gasteiger partial charge in [0.2, 0.25) is 0 Å². The number of nitrogens with zero attached hydrogens (tertiary/aromatic N) is 1. The van der Waals surface area contributed by atoms with Crippen LogP contribution in [0.4, 0.5) is 0 Å². The van der Waals surface area contributed by atoms with E-state index in [2.05, 4.69) is 26.1 Å². The number of aromatic amines is 1. The molecule has 0 fully saturated rings. The van der Waals surface area contributed by atoms with E-state index < -0.39 is 11.4 Å². The highest BCUT2D eigenvalue weighted by Gasteiger charge is 2.28. The summed E-state index contributed by atoms with van der Waals surface area (Å²) in [7, 11) is 0. The molecular weight excluding hydrogens is 278 g/mol. The van der Waals surface area contributed by atoms with Gasteiger partial charge in [0.05, 0.1) is 6.04 Å². The van der Waals surface area contributed by atoms with Crippen LogP contribution in [0.5, 0.6) is 0 Å². The number of aromatic nitrogens is 2. The van der Waals surface area contributed by atoms with Gasteiger partial charge in [0.25, 0.3) is 0 Å². The van der Waals surface area contributed by atoms with Crippen LogP contribution < -0.4 is 4.72 Å². The van der Waals surface area contributed by atoms with Gasteiger partial charge in [0.15, 0.2) is 0 Å². The van der Waals surface area contributed by atoms with Crippen LogP contribution in [-0.2, 0) is 11.4 Å². The molecule has 104 valence electrons. The normalized spacial score (nSPS) is 15.4. The Morgan fingerprint density at radius 2 is 2.21 bits per heavy atom. The SMILES string of the molecule is C[C@@H](N[S+]([O-])C(C)(C)C)c1cc(-c2ncc[nH]2)cs1. The zero-order chi connectivity index (χ0) is 14.0. The van der Waals surface area contributed by atoms with Gasteiger partial charge in [-0.2, -0.15) is 0 Å². The molecule has 0 saturated carbocycles. The van der Waals surface area contributed by atoms with Crippen LogP contribution in [0.2, 0.25) is 0 Å².